The van der Waals surface area contributed by atoms with Crippen molar-refractivity contribution in [3.63, 3.8) is 0 Å². The molecule has 0 amide bonds. The van der Waals surface area contributed by atoms with Crippen LogP contribution in [0.2, 0.25) is 0 Å². The first-order chi connectivity index (χ1) is 9.06. The van der Waals surface area contributed by atoms with Crippen LogP contribution in [-0.2, 0) is 16.1 Å². The summed E-state index contributed by atoms with van der Waals surface area (Å²) in [6.45, 7) is 1.52. The molecule has 2 rings (SSSR count). The molecule has 4 nitrogen and oxygen atoms in total. The Kier molecular flexibility index (Phi) is 3.75. The largest absolute Gasteiger partial charge is 0.461 e. The number of rotatable bonds is 3. The lowest BCUT2D eigenvalue weighted by molar-refractivity contribution is -0.142. The molecule has 1 aromatic carbocycles. The second kappa shape index (κ2) is 5.48. The van der Waals surface area contributed by atoms with Crippen LogP contribution in [0.5, 0.6) is 0 Å². The van der Waals surface area contributed by atoms with Crippen LogP contribution < -0.4 is 5.73 Å². The molecule has 0 fully saturated rings. The summed E-state index contributed by atoms with van der Waals surface area (Å²) in [4.78, 5) is 14.5. The molecule has 2 N–H and O–H groups in total. The third-order valence-electron chi connectivity index (χ3n) is 2.57. The minimum absolute atomic E-state index is 0.172. The molecule has 0 aliphatic heterocycles. The maximum atomic E-state index is 13.2. The fourth-order valence-corrected chi connectivity index (χ4v) is 1.69. The number of aromatic nitrogens is 1. The Morgan fingerprint density at radius 1 is 1.42 bits per heavy atom. The van der Waals surface area contributed by atoms with Crippen LogP contribution in [-0.4, -0.2) is 11.0 Å². The summed E-state index contributed by atoms with van der Waals surface area (Å²) in [7, 11) is 0. The molecule has 0 unspecified atom stereocenters. The molecule has 0 spiro atoms. The highest BCUT2D eigenvalue weighted by atomic mass is 19.1. The minimum Gasteiger partial charge on any atom is -0.461 e. The molecule has 0 bridgehead atoms. The first-order valence-electron chi connectivity index (χ1n) is 5.70. The number of nitrogen functional groups attached to an aromatic ring is 1. The van der Waals surface area contributed by atoms with E-state index in [1.807, 2.05) is 6.07 Å². The number of ether oxygens (including phenoxy) is 1. The molecule has 0 saturated heterocycles. The van der Waals surface area contributed by atoms with Crippen LogP contribution in [0.15, 0.2) is 36.5 Å². The van der Waals surface area contributed by atoms with Crippen LogP contribution >= 0.6 is 0 Å². The quantitative estimate of drug-likeness (QED) is 0.861. The van der Waals surface area contributed by atoms with Gasteiger partial charge >= 0.3 is 5.97 Å². The van der Waals surface area contributed by atoms with Crippen molar-refractivity contribution >= 4 is 11.8 Å². The minimum atomic E-state index is -0.449. The van der Waals surface area contributed by atoms with Crippen molar-refractivity contribution in [2.24, 2.45) is 0 Å². The summed E-state index contributed by atoms with van der Waals surface area (Å²) in [6.07, 6.45) is 1.07. The average Bonchev–Trinajstić information content (AvgIpc) is 2.39. The molecule has 1 aromatic heterocycles. The van der Waals surface area contributed by atoms with E-state index in [4.69, 9.17) is 10.5 Å². The Morgan fingerprint density at radius 3 is 2.95 bits per heavy atom. The lowest BCUT2D eigenvalue weighted by atomic mass is 10.0. The molecule has 1 heterocycles. The van der Waals surface area contributed by atoms with Gasteiger partial charge in [0.1, 0.15) is 18.2 Å². The van der Waals surface area contributed by atoms with Crippen molar-refractivity contribution in [3.8, 4) is 11.1 Å². The van der Waals surface area contributed by atoms with Crippen LogP contribution in [0.3, 0.4) is 0 Å². The number of anilines is 1. The fraction of sp³-hybridized carbons (Fsp3) is 0.143. The Balaban J connectivity index is 2.32. The zero-order valence-corrected chi connectivity index (χ0v) is 10.4. The molecular formula is C14H13FN2O2. The average molecular weight is 260 g/mol. The van der Waals surface area contributed by atoms with E-state index in [0.29, 0.717) is 5.56 Å². The number of hydrogen-bond donors (Lipinski definition) is 1. The number of carbonyl (C=O) groups excluding carboxylic acids is 1. The standard InChI is InChI=1S/C14H13FN2O2/c1-9(18)19-8-10-3-2-4-11(5-10)13-6-12(15)7-17-14(13)16/h2-7H,8H2,1H3,(H2,16,17). The number of carbonyl (C=O) groups is 1. The number of pyridine rings is 1. The molecule has 0 aliphatic carbocycles. The van der Waals surface area contributed by atoms with Gasteiger partial charge in [0.2, 0.25) is 0 Å². The summed E-state index contributed by atoms with van der Waals surface area (Å²) >= 11 is 0. The summed E-state index contributed by atoms with van der Waals surface area (Å²) in [5.41, 5.74) is 7.78. The Morgan fingerprint density at radius 2 is 2.21 bits per heavy atom. The van der Waals surface area contributed by atoms with Crippen molar-refractivity contribution in [1.82, 2.24) is 4.98 Å². The molecule has 5 heteroatoms. The van der Waals surface area contributed by atoms with Gasteiger partial charge in [-0.3, -0.25) is 4.79 Å². The first kappa shape index (κ1) is 13.0. The van der Waals surface area contributed by atoms with Crippen molar-refractivity contribution in [2.75, 3.05) is 5.73 Å². The van der Waals surface area contributed by atoms with E-state index in [9.17, 15) is 9.18 Å². The predicted octanol–water partition coefficient (Wildman–Crippen LogP) is 2.53. The summed E-state index contributed by atoms with van der Waals surface area (Å²) in [6, 6.07) is 8.51. The van der Waals surface area contributed by atoms with Crippen molar-refractivity contribution in [1.29, 1.82) is 0 Å². The van der Waals surface area contributed by atoms with E-state index in [1.165, 1.54) is 13.0 Å². The van der Waals surface area contributed by atoms with E-state index in [0.717, 1.165) is 17.3 Å². The van der Waals surface area contributed by atoms with Crippen LogP contribution in [0, 0.1) is 5.82 Å². The molecule has 0 saturated carbocycles. The number of benzene rings is 1. The van der Waals surface area contributed by atoms with Crippen LogP contribution in [0.1, 0.15) is 12.5 Å². The van der Waals surface area contributed by atoms with Gasteiger partial charge in [-0.05, 0) is 23.3 Å². The lowest BCUT2D eigenvalue weighted by Gasteiger charge is -2.08. The van der Waals surface area contributed by atoms with Crippen LogP contribution in [0.4, 0.5) is 10.2 Å². The fourth-order valence-electron chi connectivity index (χ4n) is 1.69. The summed E-state index contributed by atoms with van der Waals surface area (Å²) < 4.78 is 18.1. The zero-order chi connectivity index (χ0) is 13.8. The molecule has 0 aliphatic rings. The second-order valence-electron chi connectivity index (χ2n) is 4.07. The zero-order valence-electron chi connectivity index (χ0n) is 10.4. The second-order valence-corrected chi connectivity index (χ2v) is 4.07. The highest BCUT2D eigenvalue weighted by molar-refractivity contribution is 5.74. The highest BCUT2D eigenvalue weighted by Crippen LogP contribution is 2.25. The van der Waals surface area contributed by atoms with Gasteiger partial charge in [-0.1, -0.05) is 18.2 Å². The SMILES string of the molecule is CC(=O)OCc1cccc(-c2cc(F)cnc2N)c1. The normalized spacial score (nSPS) is 10.2. The highest BCUT2D eigenvalue weighted by Gasteiger charge is 2.07. The Labute approximate surface area is 110 Å². The van der Waals surface area contributed by atoms with Gasteiger partial charge in [0, 0.05) is 12.5 Å². The van der Waals surface area contributed by atoms with E-state index < -0.39 is 5.82 Å². The van der Waals surface area contributed by atoms with Gasteiger partial charge in [-0.15, -0.1) is 0 Å². The van der Waals surface area contributed by atoms with Gasteiger partial charge in [0.15, 0.2) is 0 Å². The molecule has 0 atom stereocenters. The molecule has 98 valence electrons. The first-order valence-corrected chi connectivity index (χ1v) is 5.70. The van der Waals surface area contributed by atoms with Crippen LogP contribution in [0.25, 0.3) is 11.1 Å². The van der Waals surface area contributed by atoms with Gasteiger partial charge in [-0.25, -0.2) is 9.37 Å². The molecule has 2 aromatic rings. The van der Waals surface area contributed by atoms with Crippen molar-refractivity contribution < 1.29 is 13.9 Å². The number of hydrogen-bond acceptors (Lipinski definition) is 4. The van der Waals surface area contributed by atoms with Crippen molar-refractivity contribution in [2.45, 2.75) is 13.5 Å². The summed E-state index contributed by atoms with van der Waals surface area (Å²) in [5.74, 6) is -0.544. The molecule has 19 heavy (non-hydrogen) atoms. The van der Waals surface area contributed by atoms with E-state index in [2.05, 4.69) is 4.98 Å². The van der Waals surface area contributed by atoms with Gasteiger partial charge < -0.3 is 10.5 Å². The number of nitrogens with zero attached hydrogens (tertiary/aromatic N) is 1. The van der Waals surface area contributed by atoms with E-state index in [1.54, 1.807) is 18.2 Å². The van der Waals surface area contributed by atoms with Gasteiger partial charge in [0.05, 0.1) is 6.20 Å². The monoisotopic (exact) mass is 260 g/mol. The Hall–Kier alpha value is -2.43. The third kappa shape index (κ3) is 3.28. The van der Waals surface area contributed by atoms with E-state index >= 15 is 0 Å². The van der Waals surface area contributed by atoms with E-state index in [-0.39, 0.29) is 18.4 Å². The van der Waals surface area contributed by atoms with Gasteiger partial charge in [-0.2, -0.15) is 0 Å². The predicted molar refractivity (Wildman–Crippen MR) is 69.5 cm³/mol. The number of halogens is 1. The lowest BCUT2D eigenvalue weighted by Crippen LogP contribution is -1.99. The number of esters is 1. The van der Waals surface area contributed by atoms with Crippen molar-refractivity contribution in [3.05, 3.63) is 47.9 Å². The maximum Gasteiger partial charge on any atom is 0.302 e. The smallest absolute Gasteiger partial charge is 0.302 e. The molecular weight excluding hydrogens is 247 g/mol. The molecule has 0 radical (unpaired) electrons. The Bertz CT molecular complexity index is 614. The summed E-state index contributed by atoms with van der Waals surface area (Å²) in [5, 5.41) is 0. The van der Waals surface area contributed by atoms with Gasteiger partial charge in [0.25, 0.3) is 0 Å². The number of nitrogens with two attached hydrogens (primary N) is 1. The topological polar surface area (TPSA) is 65.2 Å². The maximum absolute atomic E-state index is 13.2. The third-order valence-corrected chi connectivity index (χ3v) is 2.57.